The first-order valence-corrected chi connectivity index (χ1v) is 9.55. The van der Waals surface area contributed by atoms with Gasteiger partial charge in [-0.25, -0.2) is 0 Å². The summed E-state index contributed by atoms with van der Waals surface area (Å²) in [5.74, 6) is 0. The molecule has 0 unspecified atom stereocenters. The second kappa shape index (κ2) is 11.0. The van der Waals surface area contributed by atoms with Crippen LogP contribution in [-0.4, -0.2) is 21.5 Å². The van der Waals surface area contributed by atoms with Gasteiger partial charge < -0.3 is 5.32 Å². The Labute approximate surface area is 146 Å². The first-order valence-electron chi connectivity index (χ1n) is 9.55. The predicted octanol–water partition coefficient (Wildman–Crippen LogP) is 4.81. The zero-order valence-corrected chi connectivity index (χ0v) is 15.3. The molecule has 0 amide bonds. The first kappa shape index (κ1) is 18.7. The lowest BCUT2D eigenvalue weighted by molar-refractivity contribution is 0.518. The topological polar surface area (TPSA) is 42.7 Å². The molecule has 0 aliphatic rings. The van der Waals surface area contributed by atoms with E-state index in [-0.39, 0.29) is 0 Å². The van der Waals surface area contributed by atoms with Crippen molar-refractivity contribution in [3.05, 3.63) is 36.0 Å². The minimum atomic E-state index is 0.795. The number of nitrogens with zero attached hydrogens (tertiary/aromatic N) is 3. The van der Waals surface area contributed by atoms with Crippen molar-refractivity contribution in [2.24, 2.45) is 0 Å². The van der Waals surface area contributed by atoms with Crippen molar-refractivity contribution in [2.75, 3.05) is 6.54 Å². The number of rotatable bonds is 12. The van der Waals surface area contributed by atoms with Gasteiger partial charge in [0.2, 0.25) is 0 Å². The number of unbranched alkanes of at least 4 members (excludes halogenated alkanes) is 5. The Kier molecular flexibility index (Phi) is 8.53. The molecule has 1 aromatic heterocycles. The molecular weight excluding hydrogens is 296 g/mol. The van der Waals surface area contributed by atoms with Gasteiger partial charge in [-0.1, -0.05) is 76.3 Å². The van der Waals surface area contributed by atoms with Gasteiger partial charge in [0.15, 0.2) is 0 Å². The molecule has 0 aliphatic heterocycles. The average molecular weight is 329 g/mol. The zero-order valence-electron chi connectivity index (χ0n) is 15.3. The second-order valence-corrected chi connectivity index (χ2v) is 6.40. The van der Waals surface area contributed by atoms with Crippen LogP contribution in [-0.2, 0) is 13.1 Å². The quantitative estimate of drug-likeness (QED) is 0.569. The number of aromatic nitrogens is 3. The maximum absolute atomic E-state index is 4.68. The number of hydrogen-bond acceptors (Lipinski definition) is 3. The molecule has 0 saturated heterocycles. The molecule has 0 bridgehead atoms. The Balaban J connectivity index is 1.85. The van der Waals surface area contributed by atoms with Crippen LogP contribution >= 0.6 is 0 Å². The molecule has 4 nitrogen and oxygen atoms in total. The molecule has 4 heteroatoms. The third-order valence-electron chi connectivity index (χ3n) is 4.20. The highest BCUT2D eigenvalue weighted by molar-refractivity contribution is 5.60. The van der Waals surface area contributed by atoms with E-state index in [0.29, 0.717) is 0 Å². The highest BCUT2D eigenvalue weighted by Gasteiger charge is 2.12. The van der Waals surface area contributed by atoms with E-state index in [4.69, 9.17) is 0 Å². The zero-order chi connectivity index (χ0) is 17.0. The summed E-state index contributed by atoms with van der Waals surface area (Å²) in [6.45, 7) is 7.14. The number of aryl methyl sites for hydroxylation is 1. The molecule has 0 saturated carbocycles. The van der Waals surface area contributed by atoms with E-state index in [1.807, 2.05) is 10.9 Å². The fourth-order valence-corrected chi connectivity index (χ4v) is 2.86. The van der Waals surface area contributed by atoms with E-state index in [1.54, 1.807) is 0 Å². The fraction of sp³-hybridized carbons (Fsp3) is 0.600. The molecule has 24 heavy (non-hydrogen) atoms. The van der Waals surface area contributed by atoms with Gasteiger partial charge in [0.05, 0.1) is 6.54 Å². The summed E-state index contributed by atoms with van der Waals surface area (Å²) in [5.41, 5.74) is 3.22. The van der Waals surface area contributed by atoms with Gasteiger partial charge in [-0.05, 0) is 19.4 Å². The summed E-state index contributed by atoms with van der Waals surface area (Å²) in [4.78, 5) is 1.84. The van der Waals surface area contributed by atoms with Crippen LogP contribution in [0.1, 0.15) is 64.5 Å². The van der Waals surface area contributed by atoms with E-state index >= 15 is 0 Å². The van der Waals surface area contributed by atoms with Gasteiger partial charge in [0.25, 0.3) is 0 Å². The molecule has 2 aromatic rings. The van der Waals surface area contributed by atoms with Gasteiger partial charge in [0.1, 0.15) is 11.4 Å². The maximum atomic E-state index is 4.68. The lowest BCUT2D eigenvalue weighted by atomic mass is 10.1. The molecule has 0 radical (unpaired) electrons. The van der Waals surface area contributed by atoms with Crippen LogP contribution in [0.25, 0.3) is 11.3 Å². The number of nitrogens with one attached hydrogen (secondary N) is 1. The van der Waals surface area contributed by atoms with Gasteiger partial charge in [0, 0.05) is 12.1 Å². The van der Waals surface area contributed by atoms with E-state index in [1.165, 1.54) is 38.5 Å². The summed E-state index contributed by atoms with van der Waals surface area (Å²) in [6.07, 6.45) is 9.03. The highest BCUT2D eigenvalue weighted by atomic mass is 15.5. The Bertz CT molecular complexity index is 562. The fourth-order valence-electron chi connectivity index (χ4n) is 2.86. The molecule has 1 aromatic carbocycles. The van der Waals surface area contributed by atoms with Crippen LogP contribution in [0.2, 0.25) is 0 Å². The molecular formula is C20H32N4. The van der Waals surface area contributed by atoms with E-state index in [2.05, 4.69) is 53.6 Å². The molecule has 132 valence electrons. The van der Waals surface area contributed by atoms with E-state index in [9.17, 15) is 0 Å². The van der Waals surface area contributed by atoms with Crippen LogP contribution in [0.4, 0.5) is 0 Å². The first-order chi connectivity index (χ1) is 11.8. The smallest absolute Gasteiger partial charge is 0.117 e. The van der Waals surface area contributed by atoms with Gasteiger partial charge in [-0.2, -0.15) is 15.0 Å². The molecule has 0 spiro atoms. The number of hydrogen-bond donors (Lipinski definition) is 1. The molecule has 1 heterocycles. The summed E-state index contributed by atoms with van der Waals surface area (Å²) in [7, 11) is 0. The minimum absolute atomic E-state index is 0.795. The van der Waals surface area contributed by atoms with E-state index < -0.39 is 0 Å². The maximum Gasteiger partial charge on any atom is 0.117 e. The van der Waals surface area contributed by atoms with Crippen LogP contribution in [0.3, 0.4) is 0 Å². The van der Waals surface area contributed by atoms with Gasteiger partial charge in [-0.3, -0.25) is 0 Å². The third kappa shape index (κ3) is 6.08. The van der Waals surface area contributed by atoms with Crippen molar-refractivity contribution in [1.82, 2.24) is 20.3 Å². The molecule has 0 fully saturated rings. The normalized spacial score (nSPS) is 11.1. The van der Waals surface area contributed by atoms with Crippen molar-refractivity contribution in [2.45, 2.75) is 71.9 Å². The summed E-state index contributed by atoms with van der Waals surface area (Å²) >= 11 is 0. The number of benzene rings is 1. The van der Waals surface area contributed by atoms with Crippen molar-refractivity contribution < 1.29 is 0 Å². The Morgan fingerprint density at radius 2 is 1.62 bits per heavy atom. The summed E-state index contributed by atoms with van der Waals surface area (Å²) in [6, 6.07) is 10.4. The largest absolute Gasteiger partial charge is 0.311 e. The van der Waals surface area contributed by atoms with Crippen molar-refractivity contribution in [1.29, 1.82) is 0 Å². The summed E-state index contributed by atoms with van der Waals surface area (Å²) in [5, 5.41) is 12.9. The van der Waals surface area contributed by atoms with E-state index in [0.717, 1.165) is 43.0 Å². The highest BCUT2D eigenvalue weighted by Crippen LogP contribution is 2.20. The standard InChI is InChI=1S/C20H32N4/c1-3-5-6-7-8-12-15-21-17-19-20(18-13-10-9-11-14-18)23-24(22-19)16-4-2/h9-11,13-14,21H,3-8,12,15-17H2,1-2H3. The molecule has 0 atom stereocenters. The monoisotopic (exact) mass is 328 g/mol. The van der Waals surface area contributed by atoms with Crippen LogP contribution < -0.4 is 5.32 Å². The summed E-state index contributed by atoms with van der Waals surface area (Å²) < 4.78 is 0. The Hall–Kier alpha value is -1.68. The molecule has 0 aliphatic carbocycles. The Morgan fingerprint density at radius 1 is 0.875 bits per heavy atom. The third-order valence-corrected chi connectivity index (χ3v) is 4.20. The lowest BCUT2D eigenvalue weighted by Gasteiger charge is -2.04. The minimum Gasteiger partial charge on any atom is -0.311 e. The van der Waals surface area contributed by atoms with Crippen LogP contribution in [0.5, 0.6) is 0 Å². The van der Waals surface area contributed by atoms with Crippen LogP contribution in [0, 0.1) is 0 Å². The lowest BCUT2D eigenvalue weighted by Crippen LogP contribution is -2.16. The predicted molar refractivity (Wildman–Crippen MR) is 101 cm³/mol. The van der Waals surface area contributed by atoms with Crippen molar-refractivity contribution >= 4 is 0 Å². The van der Waals surface area contributed by atoms with Crippen LogP contribution in [0.15, 0.2) is 30.3 Å². The molecule has 2 rings (SSSR count). The molecule has 1 N–H and O–H groups in total. The van der Waals surface area contributed by atoms with Crippen molar-refractivity contribution in [3.8, 4) is 11.3 Å². The van der Waals surface area contributed by atoms with Crippen molar-refractivity contribution in [3.63, 3.8) is 0 Å². The van der Waals surface area contributed by atoms with Gasteiger partial charge >= 0.3 is 0 Å². The van der Waals surface area contributed by atoms with Gasteiger partial charge in [-0.15, -0.1) is 0 Å². The second-order valence-electron chi connectivity index (χ2n) is 6.40. The Morgan fingerprint density at radius 3 is 2.38 bits per heavy atom. The average Bonchev–Trinajstić information content (AvgIpc) is 3.01. The SMILES string of the molecule is CCCCCCCCNCc1nn(CCC)nc1-c1ccccc1.